The summed E-state index contributed by atoms with van der Waals surface area (Å²) in [5.41, 5.74) is 0.493. The molecule has 0 radical (unpaired) electrons. The number of nitrogens with zero attached hydrogens (tertiary/aromatic N) is 1. The quantitative estimate of drug-likeness (QED) is 0.806. The topological polar surface area (TPSA) is 66.5 Å². The number of carbonyl (C=O) groups excluding carboxylic acids is 3. The summed E-state index contributed by atoms with van der Waals surface area (Å²) in [5.74, 6) is -1.64. The van der Waals surface area contributed by atoms with E-state index in [0.29, 0.717) is 5.56 Å². The van der Waals surface area contributed by atoms with Crippen molar-refractivity contribution in [2.24, 2.45) is 0 Å². The highest BCUT2D eigenvalue weighted by Crippen LogP contribution is 2.23. The first-order valence-corrected chi connectivity index (χ1v) is 5.40. The van der Waals surface area contributed by atoms with Crippen molar-refractivity contribution in [2.75, 3.05) is 0 Å². The summed E-state index contributed by atoms with van der Waals surface area (Å²) in [7, 11) is 0. The summed E-state index contributed by atoms with van der Waals surface area (Å²) < 4.78 is 13.1. The van der Waals surface area contributed by atoms with Gasteiger partial charge in [-0.3, -0.25) is 19.8 Å². The standard InChI is InChI=1S/C12H11FN2O3/c1-7(8-3-2-4-9(13)5-8)15-11(17)6-10(16)14-12(15)18/h2-5,7H,6H2,1H3,(H,14,16,18). The number of rotatable bonds is 2. The molecule has 1 aromatic rings. The van der Waals surface area contributed by atoms with E-state index in [1.165, 1.54) is 18.2 Å². The van der Waals surface area contributed by atoms with Crippen LogP contribution in [0.1, 0.15) is 24.9 Å². The Morgan fingerprint density at radius 1 is 1.33 bits per heavy atom. The van der Waals surface area contributed by atoms with Crippen LogP contribution in [0.2, 0.25) is 0 Å². The van der Waals surface area contributed by atoms with Crippen LogP contribution in [0.4, 0.5) is 9.18 Å². The van der Waals surface area contributed by atoms with Crippen molar-refractivity contribution in [3.8, 4) is 0 Å². The number of hydrogen-bond donors (Lipinski definition) is 1. The molecule has 0 saturated carbocycles. The second kappa shape index (κ2) is 4.56. The summed E-state index contributed by atoms with van der Waals surface area (Å²) in [6.07, 6.45) is -0.370. The van der Waals surface area contributed by atoms with Gasteiger partial charge in [0.2, 0.25) is 11.8 Å². The van der Waals surface area contributed by atoms with Crippen molar-refractivity contribution in [3.63, 3.8) is 0 Å². The molecule has 0 aromatic heterocycles. The number of halogens is 1. The molecule has 6 heteroatoms. The first-order valence-electron chi connectivity index (χ1n) is 5.40. The second-order valence-electron chi connectivity index (χ2n) is 4.02. The number of benzene rings is 1. The van der Waals surface area contributed by atoms with Crippen LogP contribution in [0.25, 0.3) is 0 Å². The lowest BCUT2D eigenvalue weighted by molar-refractivity contribution is -0.137. The molecule has 18 heavy (non-hydrogen) atoms. The molecule has 1 heterocycles. The van der Waals surface area contributed by atoms with Gasteiger partial charge in [0.25, 0.3) is 0 Å². The van der Waals surface area contributed by atoms with Gasteiger partial charge in [0.05, 0.1) is 6.04 Å². The first kappa shape index (κ1) is 12.2. The van der Waals surface area contributed by atoms with Gasteiger partial charge in [-0.2, -0.15) is 0 Å². The van der Waals surface area contributed by atoms with Crippen molar-refractivity contribution in [2.45, 2.75) is 19.4 Å². The zero-order chi connectivity index (χ0) is 13.3. The van der Waals surface area contributed by atoms with Crippen LogP contribution in [0.5, 0.6) is 0 Å². The largest absolute Gasteiger partial charge is 0.331 e. The molecule has 2 rings (SSSR count). The average molecular weight is 250 g/mol. The van der Waals surface area contributed by atoms with E-state index in [1.807, 2.05) is 0 Å². The number of amides is 4. The summed E-state index contributed by atoms with van der Waals surface area (Å²) >= 11 is 0. The normalized spacial score (nSPS) is 17.7. The van der Waals surface area contributed by atoms with E-state index in [2.05, 4.69) is 5.32 Å². The van der Waals surface area contributed by atoms with Gasteiger partial charge in [-0.05, 0) is 24.6 Å². The minimum atomic E-state index is -0.770. The molecule has 1 aliphatic rings. The average Bonchev–Trinajstić information content (AvgIpc) is 2.27. The predicted molar refractivity (Wildman–Crippen MR) is 59.8 cm³/mol. The van der Waals surface area contributed by atoms with E-state index in [4.69, 9.17) is 0 Å². The minimum absolute atomic E-state index is 0.370. The number of carbonyl (C=O) groups is 3. The smallest absolute Gasteiger partial charge is 0.277 e. The van der Waals surface area contributed by atoms with E-state index in [0.717, 1.165) is 4.90 Å². The Bertz CT molecular complexity index is 510. The van der Waals surface area contributed by atoms with E-state index in [1.54, 1.807) is 13.0 Å². The highest BCUT2D eigenvalue weighted by molar-refractivity contribution is 6.14. The van der Waals surface area contributed by atoms with Gasteiger partial charge in [0.15, 0.2) is 0 Å². The molecule has 1 aliphatic heterocycles. The summed E-state index contributed by atoms with van der Waals surface area (Å²) in [6, 6.07) is 4.25. The molecule has 1 N–H and O–H groups in total. The molecule has 0 spiro atoms. The monoisotopic (exact) mass is 250 g/mol. The third-order valence-electron chi connectivity index (χ3n) is 2.76. The molecule has 5 nitrogen and oxygen atoms in total. The predicted octanol–water partition coefficient (Wildman–Crippen LogP) is 1.36. The third-order valence-corrected chi connectivity index (χ3v) is 2.76. The highest BCUT2D eigenvalue weighted by Gasteiger charge is 2.34. The van der Waals surface area contributed by atoms with Crippen LogP contribution in [-0.2, 0) is 9.59 Å². The number of barbiturate groups is 1. The van der Waals surface area contributed by atoms with Gasteiger partial charge in [-0.15, -0.1) is 0 Å². The molecule has 0 aliphatic carbocycles. The molecule has 1 aromatic carbocycles. The molecule has 1 fully saturated rings. The van der Waals surface area contributed by atoms with Crippen LogP contribution >= 0.6 is 0 Å². The molecular formula is C12H11FN2O3. The molecule has 1 unspecified atom stereocenters. The number of urea groups is 1. The van der Waals surface area contributed by atoms with Crippen molar-refractivity contribution >= 4 is 17.8 Å². The van der Waals surface area contributed by atoms with Gasteiger partial charge >= 0.3 is 6.03 Å². The zero-order valence-electron chi connectivity index (χ0n) is 9.64. The maximum absolute atomic E-state index is 13.1. The Morgan fingerprint density at radius 2 is 2.06 bits per heavy atom. The Morgan fingerprint density at radius 3 is 2.67 bits per heavy atom. The maximum Gasteiger partial charge on any atom is 0.331 e. The lowest BCUT2D eigenvalue weighted by atomic mass is 10.1. The van der Waals surface area contributed by atoms with Crippen LogP contribution in [-0.4, -0.2) is 22.7 Å². The van der Waals surface area contributed by atoms with Gasteiger partial charge in [-0.1, -0.05) is 12.1 Å². The van der Waals surface area contributed by atoms with Crippen molar-refractivity contribution in [3.05, 3.63) is 35.6 Å². The van der Waals surface area contributed by atoms with Crippen LogP contribution in [0.3, 0.4) is 0 Å². The fraction of sp³-hybridized carbons (Fsp3) is 0.250. The van der Waals surface area contributed by atoms with Crippen molar-refractivity contribution < 1.29 is 18.8 Å². The molecule has 1 atom stereocenters. The zero-order valence-corrected chi connectivity index (χ0v) is 9.64. The Balaban J connectivity index is 2.28. The summed E-state index contributed by atoms with van der Waals surface area (Å²) in [6.45, 7) is 1.60. The lowest BCUT2D eigenvalue weighted by Gasteiger charge is -2.30. The van der Waals surface area contributed by atoms with Gasteiger partial charge in [0.1, 0.15) is 12.2 Å². The Kier molecular flexibility index (Phi) is 3.10. The summed E-state index contributed by atoms with van der Waals surface area (Å²) in [5, 5.41) is 2.06. The third kappa shape index (κ3) is 2.22. The second-order valence-corrected chi connectivity index (χ2v) is 4.02. The maximum atomic E-state index is 13.1. The van der Waals surface area contributed by atoms with E-state index in [-0.39, 0.29) is 6.42 Å². The highest BCUT2D eigenvalue weighted by atomic mass is 19.1. The minimum Gasteiger partial charge on any atom is -0.277 e. The molecule has 1 saturated heterocycles. The first-order chi connectivity index (χ1) is 8.49. The van der Waals surface area contributed by atoms with E-state index in [9.17, 15) is 18.8 Å². The van der Waals surface area contributed by atoms with Gasteiger partial charge in [-0.25, -0.2) is 9.18 Å². The van der Waals surface area contributed by atoms with Crippen LogP contribution < -0.4 is 5.32 Å². The Hall–Kier alpha value is -2.24. The molecule has 0 bridgehead atoms. The fourth-order valence-electron chi connectivity index (χ4n) is 1.87. The van der Waals surface area contributed by atoms with E-state index < -0.39 is 29.7 Å². The van der Waals surface area contributed by atoms with E-state index >= 15 is 0 Å². The van der Waals surface area contributed by atoms with Crippen molar-refractivity contribution in [1.29, 1.82) is 0 Å². The van der Waals surface area contributed by atoms with Crippen LogP contribution in [0, 0.1) is 5.82 Å². The van der Waals surface area contributed by atoms with Gasteiger partial charge in [0, 0.05) is 0 Å². The molecule has 94 valence electrons. The fourth-order valence-corrected chi connectivity index (χ4v) is 1.87. The van der Waals surface area contributed by atoms with Crippen molar-refractivity contribution in [1.82, 2.24) is 10.2 Å². The number of nitrogens with one attached hydrogen (secondary N) is 1. The SMILES string of the molecule is CC(c1cccc(F)c1)N1C(=O)CC(=O)NC1=O. The Labute approximate surface area is 103 Å². The molecule has 4 amide bonds. The summed E-state index contributed by atoms with van der Waals surface area (Å²) in [4.78, 5) is 35.2. The lowest BCUT2D eigenvalue weighted by Crippen LogP contribution is -2.53. The van der Waals surface area contributed by atoms with Gasteiger partial charge < -0.3 is 0 Å². The molecular weight excluding hydrogens is 239 g/mol. The number of hydrogen-bond acceptors (Lipinski definition) is 3. The van der Waals surface area contributed by atoms with Crippen LogP contribution in [0.15, 0.2) is 24.3 Å². The number of imide groups is 2.